The largest absolute Gasteiger partial charge is 0.324 e. The van der Waals surface area contributed by atoms with Crippen molar-refractivity contribution in [2.24, 2.45) is 5.73 Å². The van der Waals surface area contributed by atoms with Gasteiger partial charge in [-0.2, -0.15) is 5.10 Å². The molecule has 0 spiro atoms. The molecule has 56 valence electrons. The van der Waals surface area contributed by atoms with Crippen LogP contribution in [0, 0.1) is 0 Å². The predicted molar refractivity (Wildman–Crippen MR) is 40.5 cm³/mol. The van der Waals surface area contributed by atoms with Gasteiger partial charge in [-0.1, -0.05) is 0 Å². The smallest absolute Gasteiger partial charge is 0.0537 e. The Morgan fingerprint density at radius 1 is 1.80 bits per heavy atom. The van der Waals surface area contributed by atoms with E-state index >= 15 is 0 Å². The zero-order valence-corrected chi connectivity index (χ0v) is 6.41. The predicted octanol–water partition coefficient (Wildman–Crippen LogP) is 0.923. The van der Waals surface area contributed by atoms with E-state index in [1.54, 1.807) is 0 Å². The van der Waals surface area contributed by atoms with Crippen LogP contribution in [0.2, 0.25) is 0 Å². The first-order chi connectivity index (χ1) is 4.74. The highest BCUT2D eigenvalue weighted by Crippen LogP contribution is 2.06. The van der Waals surface area contributed by atoms with E-state index < -0.39 is 0 Å². The normalized spacial score (nSPS) is 13.5. The van der Waals surface area contributed by atoms with E-state index in [0.717, 1.165) is 12.1 Å². The third-order valence-corrected chi connectivity index (χ3v) is 1.50. The van der Waals surface area contributed by atoms with Crippen LogP contribution in [0.3, 0.4) is 0 Å². The summed E-state index contributed by atoms with van der Waals surface area (Å²) in [5.74, 6) is 0. The standard InChI is InChI=1S/C7H13N3/c1-3-10-5-7(4-9-10)6(2)8/h4-6H,3,8H2,1-2H3/t6-/m1/s1. The third kappa shape index (κ3) is 1.36. The molecule has 0 fully saturated rings. The van der Waals surface area contributed by atoms with Crippen molar-refractivity contribution in [2.75, 3.05) is 0 Å². The second kappa shape index (κ2) is 2.84. The Labute approximate surface area is 60.8 Å². The van der Waals surface area contributed by atoms with Crippen LogP contribution in [0.15, 0.2) is 12.4 Å². The van der Waals surface area contributed by atoms with Gasteiger partial charge in [0, 0.05) is 24.3 Å². The van der Waals surface area contributed by atoms with Crippen molar-refractivity contribution in [3.8, 4) is 0 Å². The second-order valence-corrected chi connectivity index (χ2v) is 2.42. The molecule has 0 aliphatic rings. The minimum atomic E-state index is 0.0975. The number of aryl methyl sites for hydroxylation is 1. The molecule has 10 heavy (non-hydrogen) atoms. The first kappa shape index (κ1) is 7.28. The van der Waals surface area contributed by atoms with Gasteiger partial charge in [-0.3, -0.25) is 4.68 Å². The molecule has 2 N–H and O–H groups in total. The summed E-state index contributed by atoms with van der Waals surface area (Å²) in [5.41, 5.74) is 6.73. The van der Waals surface area contributed by atoms with Crippen LogP contribution in [0.25, 0.3) is 0 Å². The lowest BCUT2D eigenvalue weighted by Crippen LogP contribution is -2.03. The lowest BCUT2D eigenvalue weighted by Gasteiger charge is -1.97. The maximum absolute atomic E-state index is 5.63. The van der Waals surface area contributed by atoms with Gasteiger partial charge >= 0.3 is 0 Å². The molecule has 1 atom stereocenters. The fourth-order valence-electron chi connectivity index (χ4n) is 0.788. The number of hydrogen-bond donors (Lipinski definition) is 1. The quantitative estimate of drug-likeness (QED) is 0.662. The summed E-state index contributed by atoms with van der Waals surface area (Å²) in [4.78, 5) is 0. The minimum absolute atomic E-state index is 0.0975. The van der Waals surface area contributed by atoms with Crippen molar-refractivity contribution in [1.82, 2.24) is 9.78 Å². The highest BCUT2D eigenvalue weighted by Gasteiger charge is 2.00. The number of aromatic nitrogens is 2. The van der Waals surface area contributed by atoms with Gasteiger partial charge in [-0.05, 0) is 13.8 Å². The average Bonchev–Trinajstić information content (AvgIpc) is 2.34. The Bertz CT molecular complexity index is 202. The van der Waals surface area contributed by atoms with Crippen molar-refractivity contribution >= 4 is 0 Å². The Balaban J connectivity index is 2.78. The molecule has 1 aromatic rings. The van der Waals surface area contributed by atoms with E-state index in [0.29, 0.717) is 0 Å². The van der Waals surface area contributed by atoms with Gasteiger partial charge in [0.2, 0.25) is 0 Å². The van der Waals surface area contributed by atoms with Crippen LogP contribution >= 0.6 is 0 Å². The second-order valence-electron chi connectivity index (χ2n) is 2.42. The highest BCUT2D eigenvalue weighted by molar-refractivity contribution is 5.07. The zero-order valence-electron chi connectivity index (χ0n) is 6.41. The summed E-state index contributed by atoms with van der Waals surface area (Å²) in [6, 6.07) is 0.0975. The molecular formula is C7H13N3. The van der Waals surface area contributed by atoms with E-state index in [4.69, 9.17) is 5.73 Å². The molecule has 0 aromatic carbocycles. The van der Waals surface area contributed by atoms with Crippen LogP contribution in [0.1, 0.15) is 25.5 Å². The molecule has 0 saturated carbocycles. The van der Waals surface area contributed by atoms with Crippen LogP contribution in [0.5, 0.6) is 0 Å². The Morgan fingerprint density at radius 2 is 2.50 bits per heavy atom. The van der Waals surface area contributed by atoms with E-state index in [1.807, 2.05) is 24.0 Å². The Morgan fingerprint density at radius 3 is 2.80 bits per heavy atom. The molecule has 1 heterocycles. The monoisotopic (exact) mass is 139 g/mol. The Hall–Kier alpha value is -0.830. The van der Waals surface area contributed by atoms with Crippen molar-refractivity contribution in [1.29, 1.82) is 0 Å². The summed E-state index contributed by atoms with van der Waals surface area (Å²) in [7, 11) is 0. The van der Waals surface area contributed by atoms with Crippen LogP contribution < -0.4 is 5.73 Å². The first-order valence-corrected chi connectivity index (χ1v) is 3.52. The molecule has 0 radical (unpaired) electrons. The van der Waals surface area contributed by atoms with E-state index in [9.17, 15) is 0 Å². The topological polar surface area (TPSA) is 43.8 Å². The van der Waals surface area contributed by atoms with Gasteiger partial charge in [-0.25, -0.2) is 0 Å². The summed E-state index contributed by atoms with van der Waals surface area (Å²) in [6.07, 6.45) is 3.79. The fraction of sp³-hybridized carbons (Fsp3) is 0.571. The highest BCUT2D eigenvalue weighted by atomic mass is 15.3. The molecule has 0 aliphatic carbocycles. The van der Waals surface area contributed by atoms with E-state index in [2.05, 4.69) is 12.0 Å². The van der Waals surface area contributed by atoms with Crippen molar-refractivity contribution in [3.63, 3.8) is 0 Å². The molecule has 0 bridgehead atoms. The van der Waals surface area contributed by atoms with Crippen molar-refractivity contribution in [2.45, 2.75) is 26.4 Å². The van der Waals surface area contributed by atoms with Gasteiger partial charge < -0.3 is 5.73 Å². The first-order valence-electron chi connectivity index (χ1n) is 3.52. The summed E-state index contributed by atoms with van der Waals surface area (Å²) < 4.78 is 1.87. The molecule has 3 heteroatoms. The number of nitrogens with zero attached hydrogens (tertiary/aromatic N) is 2. The van der Waals surface area contributed by atoms with Crippen LogP contribution in [0.4, 0.5) is 0 Å². The molecule has 0 unspecified atom stereocenters. The van der Waals surface area contributed by atoms with Gasteiger partial charge in [0.25, 0.3) is 0 Å². The summed E-state index contributed by atoms with van der Waals surface area (Å²) >= 11 is 0. The van der Waals surface area contributed by atoms with Gasteiger partial charge in [0.1, 0.15) is 0 Å². The molecule has 0 aliphatic heterocycles. The average molecular weight is 139 g/mol. The van der Waals surface area contributed by atoms with E-state index in [1.165, 1.54) is 0 Å². The third-order valence-electron chi connectivity index (χ3n) is 1.50. The molecule has 0 amide bonds. The maximum atomic E-state index is 5.63. The lowest BCUT2D eigenvalue weighted by molar-refractivity contribution is 0.658. The zero-order chi connectivity index (χ0) is 7.56. The number of rotatable bonds is 2. The lowest BCUT2D eigenvalue weighted by atomic mass is 10.2. The van der Waals surface area contributed by atoms with Crippen molar-refractivity contribution in [3.05, 3.63) is 18.0 Å². The molecule has 1 rings (SSSR count). The van der Waals surface area contributed by atoms with Crippen LogP contribution in [-0.2, 0) is 6.54 Å². The fourth-order valence-corrected chi connectivity index (χ4v) is 0.788. The van der Waals surface area contributed by atoms with Crippen LogP contribution in [-0.4, -0.2) is 9.78 Å². The van der Waals surface area contributed by atoms with Crippen molar-refractivity contribution < 1.29 is 0 Å². The molecule has 0 saturated heterocycles. The minimum Gasteiger partial charge on any atom is -0.324 e. The maximum Gasteiger partial charge on any atom is 0.0537 e. The molecule has 1 aromatic heterocycles. The molecular weight excluding hydrogens is 126 g/mol. The Kier molecular flexibility index (Phi) is 2.06. The van der Waals surface area contributed by atoms with Gasteiger partial charge in [-0.15, -0.1) is 0 Å². The number of nitrogens with two attached hydrogens (primary N) is 1. The SMILES string of the molecule is CCn1cc([C@@H](C)N)cn1. The van der Waals surface area contributed by atoms with Gasteiger partial charge in [0.15, 0.2) is 0 Å². The van der Waals surface area contributed by atoms with Gasteiger partial charge in [0.05, 0.1) is 6.20 Å². The number of hydrogen-bond acceptors (Lipinski definition) is 2. The summed E-state index contributed by atoms with van der Waals surface area (Å²) in [5, 5.41) is 4.09. The van der Waals surface area contributed by atoms with E-state index in [-0.39, 0.29) is 6.04 Å². The molecule has 3 nitrogen and oxygen atoms in total. The summed E-state index contributed by atoms with van der Waals surface area (Å²) in [6.45, 7) is 4.92.